The van der Waals surface area contributed by atoms with Gasteiger partial charge in [-0.2, -0.15) is 13.2 Å². The molecule has 2 saturated heterocycles. The number of hydrogen-bond donors (Lipinski definition) is 1. The van der Waals surface area contributed by atoms with Crippen LogP contribution in [0.1, 0.15) is 65.2 Å². The van der Waals surface area contributed by atoms with Gasteiger partial charge in [0.25, 0.3) is 5.91 Å². The lowest BCUT2D eigenvalue weighted by Crippen LogP contribution is -2.53. The van der Waals surface area contributed by atoms with E-state index in [2.05, 4.69) is 5.32 Å². The Morgan fingerprint density at radius 3 is 2.26 bits per heavy atom. The predicted octanol–water partition coefficient (Wildman–Crippen LogP) is 5.72. The van der Waals surface area contributed by atoms with E-state index in [-0.39, 0.29) is 24.5 Å². The third-order valence-electron chi connectivity index (χ3n) is 7.12. The number of benzene rings is 2. The molecule has 2 bridgehead atoms. The van der Waals surface area contributed by atoms with Gasteiger partial charge in [0.1, 0.15) is 0 Å². The fourth-order valence-electron chi connectivity index (χ4n) is 5.72. The van der Waals surface area contributed by atoms with Crippen LogP contribution in [0.25, 0.3) is 0 Å². The second-order valence-corrected chi connectivity index (χ2v) is 8.98. The summed E-state index contributed by atoms with van der Waals surface area (Å²) in [5.41, 5.74) is 2.90. The summed E-state index contributed by atoms with van der Waals surface area (Å²) in [5, 5.41) is 3.26. The predicted molar refractivity (Wildman–Crippen MR) is 115 cm³/mol. The molecule has 2 fully saturated rings. The molecule has 3 nitrogen and oxygen atoms in total. The van der Waals surface area contributed by atoms with Crippen LogP contribution in [0, 0.1) is 13.8 Å². The van der Waals surface area contributed by atoms with Crippen molar-refractivity contribution in [3.05, 3.63) is 70.8 Å². The molecular formula is C25H29F3N2O. The first kappa shape index (κ1) is 21.9. The molecule has 0 unspecified atom stereocenters. The first-order chi connectivity index (χ1) is 14.7. The maximum Gasteiger partial charge on any atom is 0.390 e. The highest BCUT2D eigenvalue weighted by Gasteiger charge is 2.56. The van der Waals surface area contributed by atoms with Crippen molar-refractivity contribution in [2.24, 2.45) is 0 Å². The van der Waals surface area contributed by atoms with E-state index in [4.69, 9.17) is 0 Å². The standard InChI is InChI=1S/C25H29F3N2O/c1-17-7-6-8-18(2)21(17)23(31)29-22(19-9-4-3-5-10-19)24-13-11-20(12-14-24)30(24)16-15-25(26,27)28/h3-10,20,22H,11-16H2,1-2H3,(H,29,31)/t20?,22-,24?/m1/s1. The molecule has 166 valence electrons. The zero-order valence-electron chi connectivity index (χ0n) is 18.0. The van der Waals surface area contributed by atoms with Crippen molar-refractivity contribution in [3.63, 3.8) is 0 Å². The van der Waals surface area contributed by atoms with Crippen LogP contribution in [0.2, 0.25) is 0 Å². The molecule has 0 aliphatic carbocycles. The SMILES string of the molecule is Cc1cccc(C)c1C(=O)N[C@H](c1ccccc1)C12CCC(CC1)N2CCC(F)(F)F. The number of nitrogens with one attached hydrogen (secondary N) is 1. The van der Waals surface area contributed by atoms with Crippen LogP contribution in [0.5, 0.6) is 0 Å². The van der Waals surface area contributed by atoms with Gasteiger partial charge in [-0.25, -0.2) is 0 Å². The summed E-state index contributed by atoms with van der Waals surface area (Å²) in [6, 6.07) is 15.2. The van der Waals surface area contributed by atoms with Crippen LogP contribution >= 0.6 is 0 Å². The molecule has 1 N–H and O–H groups in total. The Labute approximate surface area is 181 Å². The van der Waals surface area contributed by atoms with Crippen molar-refractivity contribution >= 4 is 5.91 Å². The van der Waals surface area contributed by atoms with E-state index in [1.165, 1.54) is 0 Å². The average Bonchev–Trinajstić information content (AvgIpc) is 3.25. The Hall–Kier alpha value is -2.34. The lowest BCUT2D eigenvalue weighted by Gasteiger charge is -2.42. The van der Waals surface area contributed by atoms with E-state index in [0.717, 1.165) is 42.4 Å². The minimum atomic E-state index is -4.19. The van der Waals surface area contributed by atoms with Gasteiger partial charge < -0.3 is 5.32 Å². The molecule has 0 saturated carbocycles. The number of hydrogen-bond acceptors (Lipinski definition) is 2. The smallest absolute Gasteiger partial charge is 0.343 e. The van der Waals surface area contributed by atoms with Crippen LogP contribution in [0.3, 0.4) is 0 Å². The molecule has 31 heavy (non-hydrogen) atoms. The number of fused-ring (bicyclic) bond motifs is 2. The summed E-state index contributed by atoms with van der Waals surface area (Å²) in [6.07, 6.45) is -1.67. The number of aryl methyl sites for hydroxylation is 2. The van der Waals surface area contributed by atoms with Crippen LogP contribution < -0.4 is 5.32 Å². The molecule has 0 spiro atoms. The van der Waals surface area contributed by atoms with Gasteiger partial charge in [-0.3, -0.25) is 9.69 Å². The van der Waals surface area contributed by atoms with Crippen LogP contribution in [-0.4, -0.2) is 35.1 Å². The number of halogens is 3. The van der Waals surface area contributed by atoms with E-state index >= 15 is 0 Å². The molecule has 2 heterocycles. The maximum absolute atomic E-state index is 13.4. The van der Waals surface area contributed by atoms with Gasteiger partial charge in [0.05, 0.1) is 12.5 Å². The summed E-state index contributed by atoms with van der Waals surface area (Å²) >= 11 is 0. The molecule has 4 rings (SSSR count). The Morgan fingerprint density at radius 1 is 1.06 bits per heavy atom. The monoisotopic (exact) mass is 430 g/mol. The largest absolute Gasteiger partial charge is 0.390 e. The third kappa shape index (κ3) is 4.22. The van der Waals surface area contributed by atoms with Crippen molar-refractivity contribution < 1.29 is 18.0 Å². The van der Waals surface area contributed by atoms with Gasteiger partial charge in [-0.15, -0.1) is 0 Å². The second kappa shape index (κ2) is 8.30. The van der Waals surface area contributed by atoms with Crippen molar-refractivity contribution in [3.8, 4) is 0 Å². The molecule has 0 radical (unpaired) electrons. The average molecular weight is 431 g/mol. The van der Waals surface area contributed by atoms with E-state index in [1.54, 1.807) is 0 Å². The summed E-state index contributed by atoms with van der Waals surface area (Å²) in [6.45, 7) is 3.81. The summed E-state index contributed by atoms with van der Waals surface area (Å²) in [5.74, 6) is -0.162. The lowest BCUT2D eigenvalue weighted by atomic mass is 9.78. The minimum Gasteiger partial charge on any atom is -0.343 e. The van der Waals surface area contributed by atoms with Gasteiger partial charge in [0, 0.05) is 23.7 Å². The van der Waals surface area contributed by atoms with Crippen LogP contribution in [0.4, 0.5) is 13.2 Å². The molecule has 1 atom stereocenters. The number of amides is 1. The molecule has 2 aromatic rings. The lowest BCUT2D eigenvalue weighted by molar-refractivity contribution is -0.140. The molecule has 2 aliphatic rings. The molecule has 2 aromatic carbocycles. The fourth-order valence-corrected chi connectivity index (χ4v) is 5.72. The highest BCUT2D eigenvalue weighted by Crippen LogP contribution is 2.53. The van der Waals surface area contributed by atoms with E-state index < -0.39 is 18.1 Å². The van der Waals surface area contributed by atoms with Crippen LogP contribution in [-0.2, 0) is 0 Å². The first-order valence-corrected chi connectivity index (χ1v) is 11.0. The Morgan fingerprint density at radius 2 is 1.68 bits per heavy atom. The summed E-state index contributed by atoms with van der Waals surface area (Å²) in [4.78, 5) is 15.5. The third-order valence-corrected chi connectivity index (χ3v) is 7.12. The fraction of sp³-hybridized carbons (Fsp3) is 0.480. The maximum atomic E-state index is 13.4. The van der Waals surface area contributed by atoms with Crippen LogP contribution in [0.15, 0.2) is 48.5 Å². The number of alkyl halides is 3. The molecule has 0 aromatic heterocycles. The van der Waals surface area contributed by atoms with E-state index in [0.29, 0.717) is 5.56 Å². The van der Waals surface area contributed by atoms with Gasteiger partial charge in [0.2, 0.25) is 0 Å². The second-order valence-electron chi connectivity index (χ2n) is 8.98. The minimum absolute atomic E-state index is 0.0171. The van der Waals surface area contributed by atoms with Gasteiger partial charge in [-0.05, 0) is 56.2 Å². The summed E-state index contributed by atoms with van der Waals surface area (Å²) < 4.78 is 39.2. The van der Waals surface area contributed by atoms with Crippen molar-refractivity contribution in [1.29, 1.82) is 0 Å². The molecule has 6 heteroatoms. The number of rotatable bonds is 6. The quantitative estimate of drug-likeness (QED) is 0.635. The Kier molecular flexibility index (Phi) is 5.86. The normalized spacial score (nSPS) is 24.4. The van der Waals surface area contributed by atoms with E-state index in [1.807, 2.05) is 67.3 Å². The number of carbonyl (C=O) groups excluding carboxylic acids is 1. The summed E-state index contributed by atoms with van der Waals surface area (Å²) in [7, 11) is 0. The Balaban J connectivity index is 1.69. The van der Waals surface area contributed by atoms with Gasteiger partial charge >= 0.3 is 6.18 Å². The van der Waals surface area contributed by atoms with Crippen molar-refractivity contribution in [1.82, 2.24) is 10.2 Å². The number of nitrogens with zero attached hydrogens (tertiary/aromatic N) is 1. The highest BCUT2D eigenvalue weighted by molar-refractivity contribution is 5.97. The van der Waals surface area contributed by atoms with E-state index in [9.17, 15) is 18.0 Å². The highest BCUT2D eigenvalue weighted by atomic mass is 19.4. The van der Waals surface area contributed by atoms with Crippen molar-refractivity contribution in [2.75, 3.05) is 6.54 Å². The molecule has 1 amide bonds. The van der Waals surface area contributed by atoms with Gasteiger partial charge in [-0.1, -0.05) is 48.5 Å². The molecule has 2 aliphatic heterocycles. The zero-order chi connectivity index (χ0) is 22.2. The molecular weight excluding hydrogens is 401 g/mol. The van der Waals surface area contributed by atoms with Crippen molar-refractivity contribution in [2.45, 2.75) is 69.8 Å². The Bertz CT molecular complexity index is 913. The van der Waals surface area contributed by atoms with Gasteiger partial charge in [0.15, 0.2) is 0 Å². The zero-order valence-corrected chi connectivity index (χ0v) is 18.0. The number of carbonyl (C=O) groups is 1. The first-order valence-electron chi connectivity index (χ1n) is 11.0. The topological polar surface area (TPSA) is 32.3 Å².